The van der Waals surface area contributed by atoms with Crippen LogP contribution in [0.4, 0.5) is 10.8 Å². The van der Waals surface area contributed by atoms with Crippen LogP contribution in [-0.4, -0.2) is 23.9 Å². The number of rotatable bonds is 8. The van der Waals surface area contributed by atoms with Crippen LogP contribution < -0.4 is 14.4 Å². The van der Waals surface area contributed by atoms with E-state index in [1.165, 1.54) is 11.3 Å². The van der Waals surface area contributed by atoms with E-state index in [2.05, 4.69) is 15.1 Å². The maximum Gasteiger partial charge on any atom is 0.213 e. The van der Waals surface area contributed by atoms with E-state index in [9.17, 15) is 0 Å². The van der Waals surface area contributed by atoms with Gasteiger partial charge in [0.2, 0.25) is 5.13 Å². The molecule has 0 aliphatic heterocycles. The van der Waals surface area contributed by atoms with Crippen LogP contribution in [0.15, 0.2) is 66.7 Å². The van der Waals surface area contributed by atoms with Crippen molar-refractivity contribution in [3.05, 3.63) is 82.3 Å². The Morgan fingerprint density at radius 3 is 2.50 bits per heavy atom. The molecule has 1 heterocycles. The first-order valence-corrected chi connectivity index (χ1v) is 11.6. The van der Waals surface area contributed by atoms with Gasteiger partial charge in [0.25, 0.3) is 0 Å². The summed E-state index contributed by atoms with van der Waals surface area (Å²) in [5.74, 6) is 1.60. The van der Waals surface area contributed by atoms with Gasteiger partial charge in [-0.25, -0.2) is 0 Å². The lowest BCUT2D eigenvalue weighted by Crippen LogP contribution is -2.16. The number of halogens is 2. The molecular weight excluding hydrogens is 465 g/mol. The summed E-state index contributed by atoms with van der Waals surface area (Å²) >= 11 is 14.0. The molecule has 5 nitrogen and oxygen atoms in total. The van der Waals surface area contributed by atoms with Crippen LogP contribution in [0.3, 0.4) is 0 Å². The van der Waals surface area contributed by atoms with Crippen LogP contribution in [0, 0.1) is 0 Å². The summed E-state index contributed by atoms with van der Waals surface area (Å²) in [7, 11) is 1.66. The molecule has 1 aromatic heterocycles. The molecule has 0 spiro atoms. The second kappa shape index (κ2) is 10.2. The first-order chi connectivity index (χ1) is 15.6. The van der Waals surface area contributed by atoms with E-state index in [4.69, 9.17) is 32.7 Å². The Balaban J connectivity index is 1.71. The van der Waals surface area contributed by atoms with Crippen LogP contribution in [-0.2, 0) is 6.54 Å². The van der Waals surface area contributed by atoms with Gasteiger partial charge in [0, 0.05) is 11.3 Å². The molecular formula is C24H21Cl2N3O2S. The molecule has 0 fully saturated rings. The van der Waals surface area contributed by atoms with Gasteiger partial charge < -0.3 is 14.4 Å². The predicted octanol–water partition coefficient (Wildman–Crippen LogP) is 7.26. The zero-order valence-corrected chi connectivity index (χ0v) is 19.9. The maximum atomic E-state index is 6.32. The summed E-state index contributed by atoms with van der Waals surface area (Å²) in [5.41, 5.74) is 2.88. The fourth-order valence-corrected chi connectivity index (χ4v) is 4.36. The Kier molecular flexibility index (Phi) is 7.15. The number of anilines is 2. The Bertz CT molecular complexity index is 1220. The predicted molar refractivity (Wildman–Crippen MR) is 132 cm³/mol. The average molecular weight is 486 g/mol. The molecule has 0 amide bonds. The first-order valence-electron chi connectivity index (χ1n) is 9.99. The molecule has 164 valence electrons. The summed E-state index contributed by atoms with van der Waals surface area (Å²) in [5, 5.41) is 11.4. The van der Waals surface area contributed by atoms with E-state index in [1.807, 2.05) is 67.6 Å². The molecule has 8 heteroatoms. The van der Waals surface area contributed by atoms with Crippen molar-refractivity contribution >= 4 is 45.4 Å². The third-order valence-electron chi connectivity index (χ3n) is 4.73. The van der Waals surface area contributed by atoms with Gasteiger partial charge in [-0.2, -0.15) is 0 Å². The molecule has 3 aromatic carbocycles. The number of hydrogen-bond acceptors (Lipinski definition) is 6. The highest BCUT2D eigenvalue weighted by molar-refractivity contribution is 7.18. The largest absolute Gasteiger partial charge is 0.497 e. The molecule has 0 saturated heterocycles. The second-order valence-corrected chi connectivity index (χ2v) is 8.66. The van der Waals surface area contributed by atoms with E-state index >= 15 is 0 Å². The van der Waals surface area contributed by atoms with E-state index in [0.29, 0.717) is 23.2 Å². The van der Waals surface area contributed by atoms with Crippen molar-refractivity contribution < 1.29 is 9.47 Å². The molecule has 0 unspecified atom stereocenters. The molecule has 0 saturated carbocycles. The molecule has 0 aliphatic rings. The van der Waals surface area contributed by atoms with Gasteiger partial charge in [-0.15, -0.1) is 10.2 Å². The van der Waals surface area contributed by atoms with Crippen LogP contribution in [0.25, 0.3) is 10.6 Å². The first kappa shape index (κ1) is 22.4. The number of methoxy groups -OCH3 is 1. The van der Waals surface area contributed by atoms with Crippen molar-refractivity contribution in [2.24, 2.45) is 0 Å². The quantitative estimate of drug-likeness (QED) is 0.262. The van der Waals surface area contributed by atoms with Crippen molar-refractivity contribution in [2.75, 3.05) is 18.6 Å². The van der Waals surface area contributed by atoms with Gasteiger partial charge in [-0.3, -0.25) is 0 Å². The van der Waals surface area contributed by atoms with Gasteiger partial charge >= 0.3 is 0 Å². The summed E-state index contributed by atoms with van der Waals surface area (Å²) in [4.78, 5) is 2.06. The highest BCUT2D eigenvalue weighted by Gasteiger charge is 2.18. The minimum absolute atomic E-state index is 0.481. The number of nitrogens with zero attached hydrogens (tertiary/aromatic N) is 3. The molecule has 0 bridgehead atoms. The molecule has 0 atom stereocenters. The zero-order chi connectivity index (χ0) is 22.5. The molecule has 0 radical (unpaired) electrons. The SMILES string of the molecule is CCOc1cccc(-c2nnc(N(Cc3cccc(OC)c3)c3ccc(Cl)c(Cl)c3)s2)c1. The lowest BCUT2D eigenvalue weighted by atomic mass is 10.2. The Morgan fingerprint density at radius 1 is 0.906 bits per heavy atom. The van der Waals surface area contributed by atoms with Crippen LogP contribution in [0.5, 0.6) is 11.5 Å². The van der Waals surface area contributed by atoms with Gasteiger partial charge in [0.1, 0.15) is 16.5 Å². The Morgan fingerprint density at radius 2 is 1.72 bits per heavy atom. The lowest BCUT2D eigenvalue weighted by Gasteiger charge is -2.22. The summed E-state index contributed by atoms with van der Waals surface area (Å²) < 4.78 is 11.0. The Labute approximate surface area is 201 Å². The van der Waals surface area contributed by atoms with E-state index < -0.39 is 0 Å². The van der Waals surface area contributed by atoms with Crippen molar-refractivity contribution in [2.45, 2.75) is 13.5 Å². The fraction of sp³-hybridized carbons (Fsp3) is 0.167. The maximum absolute atomic E-state index is 6.32. The molecule has 0 N–H and O–H groups in total. The van der Waals surface area contributed by atoms with Crippen molar-refractivity contribution in [1.29, 1.82) is 0 Å². The molecule has 4 rings (SSSR count). The van der Waals surface area contributed by atoms with E-state index in [0.717, 1.165) is 38.5 Å². The number of aromatic nitrogens is 2. The van der Waals surface area contributed by atoms with E-state index in [1.54, 1.807) is 13.2 Å². The van der Waals surface area contributed by atoms with Crippen molar-refractivity contribution in [1.82, 2.24) is 10.2 Å². The standard InChI is InChI=1S/C24H21Cl2N3O2S/c1-3-31-20-9-5-7-17(13-20)23-27-28-24(32-23)29(18-10-11-21(25)22(26)14-18)15-16-6-4-8-19(12-16)30-2/h4-14H,3,15H2,1-2H3. The smallest absolute Gasteiger partial charge is 0.213 e. The fourth-order valence-electron chi connectivity index (χ4n) is 3.20. The monoisotopic (exact) mass is 485 g/mol. The third-order valence-corrected chi connectivity index (χ3v) is 6.46. The van der Waals surface area contributed by atoms with Gasteiger partial charge in [0.15, 0.2) is 0 Å². The topological polar surface area (TPSA) is 47.5 Å². The number of ether oxygens (including phenoxy) is 2. The third kappa shape index (κ3) is 5.15. The minimum atomic E-state index is 0.481. The molecule has 0 aliphatic carbocycles. The van der Waals surface area contributed by atoms with E-state index in [-0.39, 0.29) is 0 Å². The van der Waals surface area contributed by atoms with Gasteiger partial charge in [-0.1, -0.05) is 58.8 Å². The summed E-state index contributed by atoms with van der Waals surface area (Å²) in [6.45, 7) is 3.13. The molecule has 4 aromatic rings. The van der Waals surface area contributed by atoms with Crippen LogP contribution in [0.2, 0.25) is 10.0 Å². The van der Waals surface area contributed by atoms with Crippen LogP contribution >= 0.6 is 34.5 Å². The number of benzene rings is 3. The lowest BCUT2D eigenvalue weighted by molar-refractivity contribution is 0.340. The average Bonchev–Trinajstić information content (AvgIpc) is 3.30. The van der Waals surface area contributed by atoms with Gasteiger partial charge in [0.05, 0.1) is 30.3 Å². The van der Waals surface area contributed by atoms with Crippen molar-refractivity contribution in [3.8, 4) is 22.1 Å². The van der Waals surface area contributed by atoms with Gasteiger partial charge in [-0.05, 0) is 55.0 Å². The number of hydrogen-bond donors (Lipinski definition) is 0. The summed E-state index contributed by atoms with van der Waals surface area (Å²) in [6.07, 6.45) is 0. The zero-order valence-electron chi connectivity index (χ0n) is 17.6. The normalized spacial score (nSPS) is 10.8. The van der Waals surface area contributed by atoms with Crippen molar-refractivity contribution in [3.63, 3.8) is 0 Å². The van der Waals surface area contributed by atoms with Crippen LogP contribution in [0.1, 0.15) is 12.5 Å². The second-order valence-electron chi connectivity index (χ2n) is 6.89. The minimum Gasteiger partial charge on any atom is -0.497 e. The highest BCUT2D eigenvalue weighted by atomic mass is 35.5. The summed E-state index contributed by atoms with van der Waals surface area (Å²) in [6, 6.07) is 21.3. The molecule has 32 heavy (non-hydrogen) atoms. The highest BCUT2D eigenvalue weighted by Crippen LogP contribution is 2.37. The Hall–Kier alpha value is -2.80.